The normalized spacial score (nSPS) is 20.9. The predicted octanol–water partition coefficient (Wildman–Crippen LogP) is 4.73. The molecule has 6 heteroatoms. The fourth-order valence-corrected chi connectivity index (χ4v) is 4.73. The van der Waals surface area contributed by atoms with Crippen LogP contribution in [0.5, 0.6) is 11.5 Å². The van der Waals surface area contributed by atoms with E-state index < -0.39 is 5.97 Å². The first-order valence-corrected chi connectivity index (χ1v) is 11.4. The molecule has 0 saturated heterocycles. The number of benzene rings is 1. The Hall–Kier alpha value is -2.50. The van der Waals surface area contributed by atoms with E-state index in [2.05, 4.69) is 12.2 Å². The molecule has 170 valence electrons. The molecule has 2 aliphatic rings. The zero-order chi connectivity index (χ0) is 22.5. The third-order valence-corrected chi connectivity index (χ3v) is 6.84. The van der Waals surface area contributed by atoms with Crippen LogP contribution in [0.1, 0.15) is 85.8 Å². The molecule has 0 aromatic heterocycles. The first-order chi connectivity index (χ1) is 14.8. The minimum absolute atomic E-state index is 0.0653. The van der Waals surface area contributed by atoms with Gasteiger partial charge in [-0.1, -0.05) is 25.0 Å². The van der Waals surface area contributed by atoms with Gasteiger partial charge < -0.3 is 19.9 Å². The number of amides is 1. The van der Waals surface area contributed by atoms with E-state index in [0.29, 0.717) is 42.2 Å². The minimum atomic E-state index is -0.496. The Morgan fingerprint density at radius 2 is 1.97 bits per heavy atom. The van der Waals surface area contributed by atoms with E-state index in [1.807, 2.05) is 19.9 Å². The highest BCUT2D eigenvalue weighted by Gasteiger charge is 2.31. The van der Waals surface area contributed by atoms with Crippen LogP contribution in [0.4, 0.5) is 0 Å². The van der Waals surface area contributed by atoms with Gasteiger partial charge in [-0.3, -0.25) is 4.79 Å². The van der Waals surface area contributed by atoms with E-state index >= 15 is 0 Å². The van der Waals surface area contributed by atoms with Crippen molar-refractivity contribution in [3.63, 3.8) is 0 Å². The van der Waals surface area contributed by atoms with Gasteiger partial charge in [-0.2, -0.15) is 0 Å². The van der Waals surface area contributed by atoms with E-state index in [1.165, 1.54) is 19.3 Å². The highest BCUT2D eigenvalue weighted by Crippen LogP contribution is 2.42. The maximum atomic E-state index is 12.4. The highest BCUT2D eigenvalue weighted by molar-refractivity contribution is 5.98. The zero-order valence-electron chi connectivity index (χ0n) is 19.2. The molecule has 0 radical (unpaired) electrons. The zero-order valence-corrected chi connectivity index (χ0v) is 19.2. The molecule has 0 atom stereocenters. The number of phenols is 1. The molecular formula is C25H35NO5. The van der Waals surface area contributed by atoms with E-state index in [0.717, 1.165) is 29.9 Å². The number of ether oxygens (including phenoxy) is 2. The average Bonchev–Trinajstić information content (AvgIpc) is 3.16. The number of esters is 1. The van der Waals surface area contributed by atoms with Crippen molar-refractivity contribution in [1.82, 2.24) is 5.32 Å². The van der Waals surface area contributed by atoms with Crippen LogP contribution in [-0.4, -0.2) is 30.1 Å². The fourth-order valence-electron chi connectivity index (χ4n) is 4.73. The maximum Gasteiger partial charge on any atom is 0.342 e. The molecule has 0 spiro atoms. The number of cyclic esters (lactones) is 1. The van der Waals surface area contributed by atoms with Gasteiger partial charge in [0.2, 0.25) is 5.91 Å². The van der Waals surface area contributed by atoms with Gasteiger partial charge in [-0.25, -0.2) is 4.79 Å². The molecule has 31 heavy (non-hydrogen) atoms. The topological polar surface area (TPSA) is 84.9 Å². The number of nitrogens with one attached hydrogen (secondary N) is 1. The van der Waals surface area contributed by atoms with Crippen LogP contribution < -0.4 is 10.1 Å². The minimum Gasteiger partial charge on any atom is -0.507 e. The summed E-state index contributed by atoms with van der Waals surface area (Å²) in [5.74, 6) is 0.939. The van der Waals surface area contributed by atoms with Crippen LogP contribution in [0.3, 0.4) is 0 Å². The van der Waals surface area contributed by atoms with E-state index in [-0.39, 0.29) is 23.8 Å². The molecule has 1 saturated carbocycles. The second-order valence-electron chi connectivity index (χ2n) is 8.86. The molecule has 1 aliphatic carbocycles. The molecule has 1 amide bonds. The Labute approximate surface area is 185 Å². The van der Waals surface area contributed by atoms with Gasteiger partial charge >= 0.3 is 5.97 Å². The van der Waals surface area contributed by atoms with Gasteiger partial charge in [0, 0.05) is 23.6 Å². The summed E-state index contributed by atoms with van der Waals surface area (Å²) < 4.78 is 10.6. The van der Waals surface area contributed by atoms with Crippen LogP contribution in [0, 0.1) is 12.8 Å². The van der Waals surface area contributed by atoms with Crippen molar-refractivity contribution in [2.45, 2.75) is 84.8 Å². The highest BCUT2D eigenvalue weighted by atomic mass is 16.5. The van der Waals surface area contributed by atoms with Gasteiger partial charge in [0.25, 0.3) is 0 Å². The van der Waals surface area contributed by atoms with E-state index in [9.17, 15) is 14.7 Å². The first-order valence-electron chi connectivity index (χ1n) is 11.4. The second-order valence-corrected chi connectivity index (χ2v) is 8.86. The van der Waals surface area contributed by atoms with Gasteiger partial charge in [-0.15, -0.1) is 0 Å². The van der Waals surface area contributed by atoms with E-state index in [1.54, 1.807) is 7.11 Å². The van der Waals surface area contributed by atoms with Gasteiger partial charge in [0.1, 0.15) is 23.7 Å². The number of fused-ring (bicyclic) bond motifs is 1. The van der Waals surface area contributed by atoms with Gasteiger partial charge in [0.15, 0.2) is 0 Å². The van der Waals surface area contributed by atoms with Crippen LogP contribution in [0.2, 0.25) is 0 Å². The number of carbonyl (C=O) groups is 2. The fraction of sp³-hybridized carbons (Fsp3) is 0.600. The number of aromatic hydroxyl groups is 1. The number of hydrogen-bond acceptors (Lipinski definition) is 5. The molecule has 1 aromatic carbocycles. The molecule has 3 rings (SSSR count). The van der Waals surface area contributed by atoms with Crippen molar-refractivity contribution in [2.24, 2.45) is 5.92 Å². The van der Waals surface area contributed by atoms with Crippen molar-refractivity contribution < 1.29 is 24.2 Å². The first kappa shape index (κ1) is 23.2. The average molecular weight is 430 g/mol. The number of rotatable bonds is 8. The molecule has 1 aliphatic heterocycles. The SMILES string of the molecule is CCC1CCC(NC(=O)CC/C(C)=C/Cc2c(O)c3c(c(C)c2OC)COC3=O)CC1. The summed E-state index contributed by atoms with van der Waals surface area (Å²) in [6.07, 6.45) is 9.33. The molecule has 1 aromatic rings. The van der Waals surface area contributed by atoms with Crippen molar-refractivity contribution >= 4 is 11.9 Å². The molecular weight excluding hydrogens is 394 g/mol. The molecule has 0 bridgehead atoms. The second kappa shape index (κ2) is 10.2. The summed E-state index contributed by atoms with van der Waals surface area (Å²) in [7, 11) is 1.56. The summed E-state index contributed by atoms with van der Waals surface area (Å²) in [5, 5.41) is 13.9. The third kappa shape index (κ3) is 5.23. The lowest BCUT2D eigenvalue weighted by Crippen LogP contribution is -2.37. The summed E-state index contributed by atoms with van der Waals surface area (Å²) in [5.41, 5.74) is 3.39. The third-order valence-electron chi connectivity index (χ3n) is 6.84. The monoisotopic (exact) mass is 429 g/mol. The quantitative estimate of drug-likeness (QED) is 0.461. The van der Waals surface area contributed by atoms with Crippen LogP contribution in [0.25, 0.3) is 0 Å². The van der Waals surface area contributed by atoms with Crippen LogP contribution in [-0.2, 0) is 22.6 Å². The van der Waals surface area contributed by atoms with Gasteiger partial charge in [0.05, 0.1) is 7.11 Å². The Balaban J connectivity index is 1.58. The van der Waals surface area contributed by atoms with Crippen molar-refractivity contribution in [1.29, 1.82) is 0 Å². The van der Waals surface area contributed by atoms with Crippen molar-refractivity contribution in [3.05, 3.63) is 33.9 Å². The molecule has 0 unspecified atom stereocenters. The van der Waals surface area contributed by atoms with Crippen LogP contribution in [0.15, 0.2) is 11.6 Å². The number of hydrogen-bond donors (Lipinski definition) is 2. The standard InChI is InChI=1S/C25H35NO5/c1-5-17-8-10-18(11-9-17)26-21(27)13-7-15(2)6-12-19-23(28)22-20(14-31-25(22)29)16(3)24(19)30-4/h6,17-18,28H,5,7-14H2,1-4H3,(H,26,27)/b15-6+. The predicted molar refractivity (Wildman–Crippen MR) is 119 cm³/mol. The summed E-state index contributed by atoms with van der Waals surface area (Å²) in [6.45, 7) is 6.26. The summed E-state index contributed by atoms with van der Waals surface area (Å²) in [4.78, 5) is 24.4. The number of phenolic OH excluding ortho intramolecular Hbond substituents is 1. The van der Waals surface area contributed by atoms with E-state index in [4.69, 9.17) is 9.47 Å². The number of carbonyl (C=O) groups excluding carboxylic acids is 2. The summed E-state index contributed by atoms with van der Waals surface area (Å²) >= 11 is 0. The van der Waals surface area contributed by atoms with Gasteiger partial charge in [-0.05, 0) is 63.9 Å². The molecule has 1 heterocycles. The van der Waals surface area contributed by atoms with Crippen molar-refractivity contribution in [3.8, 4) is 11.5 Å². The summed E-state index contributed by atoms with van der Waals surface area (Å²) in [6, 6.07) is 0.315. The lowest BCUT2D eigenvalue weighted by molar-refractivity contribution is -0.122. The lowest BCUT2D eigenvalue weighted by Gasteiger charge is -2.28. The largest absolute Gasteiger partial charge is 0.507 e. The Bertz CT molecular complexity index is 865. The molecule has 6 nitrogen and oxygen atoms in total. The lowest BCUT2D eigenvalue weighted by atomic mass is 9.84. The maximum absolute atomic E-state index is 12.4. The Morgan fingerprint density at radius 1 is 1.26 bits per heavy atom. The molecule has 1 fully saturated rings. The molecule has 2 N–H and O–H groups in total. The Kier molecular flexibility index (Phi) is 7.63. The Morgan fingerprint density at radius 3 is 2.61 bits per heavy atom. The smallest absolute Gasteiger partial charge is 0.342 e. The van der Waals surface area contributed by atoms with Crippen LogP contribution >= 0.6 is 0 Å². The number of methoxy groups -OCH3 is 1. The number of allylic oxidation sites excluding steroid dienone is 2. The van der Waals surface area contributed by atoms with Crippen molar-refractivity contribution in [2.75, 3.05) is 7.11 Å².